The molecular weight excluding hydrogens is 238 g/mol. The molecule has 1 saturated heterocycles. The molecule has 0 aromatic carbocycles. The van der Waals surface area contributed by atoms with Crippen LogP contribution in [0.25, 0.3) is 0 Å². The molecule has 0 amide bonds. The van der Waals surface area contributed by atoms with Crippen LogP contribution in [-0.2, 0) is 6.54 Å². The SMILES string of the molecule is COc1ccc(CNCC2CCN(C3CC3)C2)cn1. The Bertz CT molecular complexity index is 402. The lowest BCUT2D eigenvalue weighted by atomic mass is 10.1. The van der Waals surface area contributed by atoms with Gasteiger partial charge in [-0.3, -0.25) is 0 Å². The average Bonchev–Trinajstić information content (AvgIpc) is 3.20. The third-order valence-electron chi connectivity index (χ3n) is 4.15. The number of likely N-dealkylation sites (tertiary alicyclic amines) is 1. The molecular formula is C15H23N3O. The fourth-order valence-electron chi connectivity index (χ4n) is 2.86. The van der Waals surface area contributed by atoms with E-state index in [-0.39, 0.29) is 0 Å². The van der Waals surface area contributed by atoms with Crippen LogP contribution in [0.1, 0.15) is 24.8 Å². The van der Waals surface area contributed by atoms with Crippen LogP contribution in [0.3, 0.4) is 0 Å². The van der Waals surface area contributed by atoms with Gasteiger partial charge < -0.3 is 15.0 Å². The van der Waals surface area contributed by atoms with Crippen LogP contribution in [0.5, 0.6) is 5.88 Å². The van der Waals surface area contributed by atoms with E-state index in [1.807, 2.05) is 12.3 Å². The van der Waals surface area contributed by atoms with Crippen molar-refractivity contribution in [2.75, 3.05) is 26.7 Å². The van der Waals surface area contributed by atoms with Crippen molar-refractivity contribution in [2.45, 2.75) is 31.8 Å². The van der Waals surface area contributed by atoms with E-state index in [2.05, 4.69) is 21.3 Å². The van der Waals surface area contributed by atoms with Crippen LogP contribution in [-0.4, -0.2) is 42.7 Å². The summed E-state index contributed by atoms with van der Waals surface area (Å²) in [7, 11) is 1.64. The highest BCUT2D eigenvalue weighted by Gasteiger charge is 2.33. The quantitative estimate of drug-likeness (QED) is 0.845. The van der Waals surface area contributed by atoms with Crippen LogP contribution in [0.15, 0.2) is 18.3 Å². The van der Waals surface area contributed by atoms with E-state index in [9.17, 15) is 0 Å². The second kappa shape index (κ2) is 5.88. The first-order chi connectivity index (χ1) is 9.35. The number of methoxy groups -OCH3 is 1. The van der Waals surface area contributed by atoms with Crippen molar-refractivity contribution in [1.29, 1.82) is 0 Å². The standard InChI is InChI=1S/C15H23N3O/c1-19-15-5-2-12(10-17-15)8-16-9-13-6-7-18(11-13)14-3-4-14/h2,5,10,13-14,16H,3-4,6-9,11H2,1H3. The fraction of sp³-hybridized carbons (Fsp3) is 0.667. The first-order valence-electron chi connectivity index (χ1n) is 7.29. The Labute approximate surface area is 115 Å². The Morgan fingerprint density at radius 1 is 1.37 bits per heavy atom. The Kier molecular flexibility index (Phi) is 3.99. The van der Waals surface area contributed by atoms with Crippen LogP contribution >= 0.6 is 0 Å². The summed E-state index contributed by atoms with van der Waals surface area (Å²) in [6.07, 6.45) is 6.09. The predicted molar refractivity (Wildman–Crippen MR) is 75.2 cm³/mol. The van der Waals surface area contributed by atoms with Crippen molar-refractivity contribution in [1.82, 2.24) is 15.2 Å². The number of rotatable bonds is 6. The van der Waals surface area contributed by atoms with E-state index in [1.165, 1.54) is 37.9 Å². The zero-order valence-electron chi connectivity index (χ0n) is 11.6. The molecule has 0 bridgehead atoms. The maximum absolute atomic E-state index is 5.06. The molecule has 1 N–H and O–H groups in total. The molecule has 4 heteroatoms. The average molecular weight is 261 g/mol. The molecule has 1 aromatic heterocycles. The molecule has 3 rings (SSSR count). The molecule has 0 spiro atoms. The van der Waals surface area contributed by atoms with Crippen molar-refractivity contribution in [3.8, 4) is 5.88 Å². The number of pyridine rings is 1. The summed E-state index contributed by atoms with van der Waals surface area (Å²) in [6, 6.07) is 4.92. The molecule has 1 aromatic rings. The van der Waals surface area contributed by atoms with Gasteiger partial charge in [0, 0.05) is 31.4 Å². The third-order valence-corrected chi connectivity index (χ3v) is 4.15. The van der Waals surface area contributed by atoms with Crippen LogP contribution in [0.2, 0.25) is 0 Å². The van der Waals surface area contributed by atoms with E-state index in [0.29, 0.717) is 5.88 Å². The number of aromatic nitrogens is 1. The molecule has 19 heavy (non-hydrogen) atoms. The van der Waals surface area contributed by atoms with Gasteiger partial charge in [-0.1, -0.05) is 6.07 Å². The summed E-state index contributed by atoms with van der Waals surface area (Å²) in [4.78, 5) is 6.89. The maximum Gasteiger partial charge on any atom is 0.212 e. The second-order valence-electron chi connectivity index (χ2n) is 5.72. The van der Waals surface area contributed by atoms with Gasteiger partial charge in [0.1, 0.15) is 0 Å². The lowest BCUT2D eigenvalue weighted by Gasteiger charge is -2.15. The van der Waals surface area contributed by atoms with E-state index in [4.69, 9.17) is 4.74 Å². The Balaban J connectivity index is 1.38. The highest BCUT2D eigenvalue weighted by molar-refractivity contribution is 5.17. The minimum atomic E-state index is 0.680. The smallest absolute Gasteiger partial charge is 0.212 e. The third kappa shape index (κ3) is 3.45. The fourth-order valence-corrected chi connectivity index (χ4v) is 2.86. The zero-order chi connectivity index (χ0) is 13.1. The molecule has 2 aliphatic rings. The van der Waals surface area contributed by atoms with Crippen molar-refractivity contribution in [3.05, 3.63) is 23.9 Å². The minimum Gasteiger partial charge on any atom is -0.481 e. The minimum absolute atomic E-state index is 0.680. The summed E-state index contributed by atoms with van der Waals surface area (Å²) < 4.78 is 5.06. The molecule has 4 nitrogen and oxygen atoms in total. The summed E-state index contributed by atoms with van der Waals surface area (Å²) in [5.74, 6) is 1.51. The van der Waals surface area contributed by atoms with E-state index in [1.54, 1.807) is 7.11 Å². The highest BCUT2D eigenvalue weighted by atomic mass is 16.5. The van der Waals surface area contributed by atoms with Gasteiger partial charge in [-0.25, -0.2) is 4.98 Å². The van der Waals surface area contributed by atoms with Crippen molar-refractivity contribution < 1.29 is 4.74 Å². The van der Waals surface area contributed by atoms with Gasteiger partial charge in [0.25, 0.3) is 0 Å². The van der Waals surface area contributed by atoms with Gasteiger partial charge in [0.05, 0.1) is 7.11 Å². The number of nitrogens with zero attached hydrogens (tertiary/aromatic N) is 2. The van der Waals surface area contributed by atoms with Gasteiger partial charge in [0.2, 0.25) is 5.88 Å². The molecule has 104 valence electrons. The first kappa shape index (κ1) is 12.9. The Hall–Kier alpha value is -1.13. The van der Waals surface area contributed by atoms with Crippen LogP contribution in [0.4, 0.5) is 0 Å². The molecule has 1 saturated carbocycles. The number of hydrogen-bond acceptors (Lipinski definition) is 4. The van der Waals surface area contributed by atoms with Gasteiger partial charge in [-0.05, 0) is 43.8 Å². The largest absolute Gasteiger partial charge is 0.481 e. The zero-order valence-corrected chi connectivity index (χ0v) is 11.6. The maximum atomic E-state index is 5.06. The summed E-state index contributed by atoms with van der Waals surface area (Å²) in [6.45, 7) is 4.62. The monoisotopic (exact) mass is 261 g/mol. The van der Waals surface area contributed by atoms with Gasteiger partial charge in [-0.2, -0.15) is 0 Å². The van der Waals surface area contributed by atoms with Gasteiger partial charge in [0.15, 0.2) is 0 Å². The Morgan fingerprint density at radius 3 is 2.95 bits per heavy atom. The van der Waals surface area contributed by atoms with E-state index in [0.717, 1.165) is 25.0 Å². The van der Waals surface area contributed by atoms with E-state index >= 15 is 0 Å². The first-order valence-corrected chi connectivity index (χ1v) is 7.29. The summed E-state index contributed by atoms with van der Waals surface area (Å²) >= 11 is 0. The summed E-state index contributed by atoms with van der Waals surface area (Å²) in [5.41, 5.74) is 1.22. The van der Waals surface area contributed by atoms with Gasteiger partial charge >= 0.3 is 0 Å². The molecule has 2 fully saturated rings. The highest BCUT2D eigenvalue weighted by Crippen LogP contribution is 2.31. The Morgan fingerprint density at radius 2 is 2.26 bits per heavy atom. The van der Waals surface area contributed by atoms with Crippen molar-refractivity contribution in [3.63, 3.8) is 0 Å². The number of hydrogen-bond donors (Lipinski definition) is 1. The lowest BCUT2D eigenvalue weighted by Crippen LogP contribution is -2.27. The second-order valence-corrected chi connectivity index (χ2v) is 5.72. The molecule has 1 atom stereocenters. The normalized spacial score (nSPS) is 23.7. The van der Waals surface area contributed by atoms with Gasteiger partial charge in [-0.15, -0.1) is 0 Å². The van der Waals surface area contributed by atoms with Crippen LogP contribution in [0, 0.1) is 5.92 Å². The van der Waals surface area contributed by atoms with Crippen molar-refractivity contribution in [2.24, 2.45) is 5.92 Å². The molecule has 1 aliphatic heterocycles. The number of nitrogens with one attached hydrogen (secondary N) is 1. The molecule has 1 unspecified atom stereocenters. The van der Waals surface area contributed by atoms with Crippen LogP contribution < -0.4 is 10.1 Å². The molecule has 0 radical (unpaired) electrons. The lowest BCUT2D eigenvalue weighted by molar-refractivity contribution is 0.312. The molecule has 2 heterocycles. The predicted octanol–water partition coefficient (Wildman–Crippen LogP) is 1.66. The molecule has 1 aliphatic carbocycles. The summed E-state index contributed by atoms with van der Waals surface area (Å²) in [5, 5.41) is 3.55. The number of ether oxygens (including phenoxy) is 1. The topological polar surface area (TPSA) is 37.4 Å². The van der Waals surface area contributed by atoms with E-state index < -0.39 is 0 Å². The van der Waals surface area contributed by atoms with Crippen molar-refractivity contribution >= 4 is 0 Å².